The number of nitrogens with one attached hydrogen (secondary N) is 2. The Bertz CT molecular complexity index is 694. The van der Waals surface area contributed by atoms with Gasteiger partial charge in [0.1, 0.15) is 0 Å². The zero-order chi connectivity index (χ0) is 16.9. The number of carbonyl (C=O) groups excluding carboxylic acids is 1. The molecule has 1 heterocycles. The van der Waals surface area contributed by atoms with Gasteiger partial charge < -0.3 is 25.0 Å². The van der Waals surface area contributed by atoms with E-state index in [1.54, 1.807) is 0 Å². The van der Waals surface area contributed by atoms with Crippen LogP contribution in [-0.2, 0) is 11.3 Å². The van der Waals surface area contributed by atoms with Crippen molar-refractivity contribution in [1.29, 1.82) is 0 Å². The second-order valence-corrected chi connectivity index (χ2v) is 6.35. The normalized spacial score (nSPS) is 15.4. The van der Waals surface area contributed by atoms with Crippen molar-refractivity contribution in [3.63, 3.8) is 0 Å². The van der Waals surface area contributed by atoms with E-state index in [0.717, 1.165) is 23.1 Å². The minimum absolute atomic E-state index is 0.171. The third-order valence-electron chi connectivity index (χ3n) is 4.23. The Kier molecular flexibility index (Phi) is 5.37. The topological polar surface area (TPSA) is 75.5 Å². The molecule has 1 aliphatic carbocycles. The molecule has 1 aliphatic rings. The number of nitrogens with zero attached hydrogens (tertiary/aromatic N) is 1. The maximum absolute atomic E-state index is 12.0. The van der Waals surface area contributed by atoms with Crippen molar-refractivity contribution < 1.29 is 14.6 Å². The smallest absolute Gasteiger partial charge is 0.319 e. The van der Waals surface area contributed by atoms with Gasteiger partial charge in [-0.25, -0.2) is 4.79 Å². The van der Waals surface area contributed by atoms with Crippen LogP contribution in [-0.4, -0.2) is 41.6 Å². The first-order valence-electron chi connectivity index (χ1n) is 8.55. The largest absolute Gasteiger partial charge is 0.389 e. The van der Waals surface area contributed by atoms with E-state index in [4.69, 9.17) is 4.74 Å². The Morgan fingerprint density at radius 2 is 2.25 bits per heavy atom. The SMILES string of the molecule is CCn1ccc2ccc(NC(=O)NCC(O)COCC3CC3)cc21. The number of amides is 2. The first-order chi connectivity index (χ1) is 11.7. The zero-order valence-electron chi connectivity index (χ0n) is 14.0. The monoisotopic (exact) mass is 331 g/mol. The van der Waals surface area contributed by atoms with E-state index in [1.807, 2.05) is 24.4 Å². The molecule has 0 aliphatic heterocycles. The number of hydrogen-bond donors (Lipinski definition) is 3. The molecule has 0 bridgehead atoms. The van der Waals surface area contributed by atoms with Crippen LogP contribution in [0.3, 0.4) is 0 Å². The Morgan fingerprint density at radius 3 is 3.00 bits per heavy atom. The van der Waals surface area contributed by atoms with E-state index in [9.17, 15) is 9.90 Å². The number of urea groups is 1. The first-order valence-corrected chi connectivity index (χ1v) is 8.55. The average molecular weight is 331 g/mol. The van der Waals surface area contributed by atoms with Gasteiger partial charge in [0.05, 0.1) is 18.2 Å². The summed E-state index contributed by atoms with van der Waals surface area (Å²) in [7, 11) is 0. The number of benzene rings is 1. The second kappa shape index (κ2) is 7.68. The molecular formula is C18H25N3O3. The van der Waals surface area contributed by atoms with E-state index in [-0.39, 0.29) is 19.2 Å². The van der Waals surface area contributed by atoms with E-state index < -0.39 is 6.10 Å². The number of aliphatic hydroxyl groups is 1. The highest BCUT2D eigenvalue weighted by atomic mass is 16.5. The summed E-state index contributed by atoms with van der Waals surface area (Å²) in [6.45, 7) is 4.10. The third kappa shape index (κ3) is 4.49. The molecular weight excluding hydrogens is 306 g/mol. The van der Waals surface area contributed by atoms with Gasteiger partial charge in [-0.15, -0.1) is 0 Å². The van der Waals surface area contributed by atoms with Gasteiger partial charge in [0.15, 0.2) is 0 Å². The summed E-state index contributed by atoms with van der Waals surface area (Å²) in [5.41, 5.74) is 1.82. The molecule has 1 aromatic heterocycles. The summed E-state index contributed by atoms with van der Waals surface area (Å²) in [5.74, 6) is 0.672. The summed E-state index contributed by atoms with van der Waals surface area (Å²) in [5, 5.41) is 16.4. The summed E-state index contributed by atoms with van der Waals surface area (Å²) in [4.78, 5) is 12.0. The van der Waals surface area contributed by atoms with Gasteiger partial charge in [-0.1, -0.05) is 6.07 Å². The van der Waals surface area contributed by atoms with Gasteiger partial charge in [0, 0.05) is 31.6 Å². The van der Waals surface area contributed by atoms with Crippen LogP contribution in [0.5, 0.6) is 0 Å². The molecule has 6 heteroatoms. The number of aryl methyl sites for hydroxylation is 1. The molecule has 1 unspecified atom stereocenters. The highest BCUT2D eigenvalue weighted by Crippen LogP contribution is 2.28. The maximum atomic E-state index is 12.0. The van der Waals surface area contributed by atoms with Crippen molar-refractivity contribution in [2.45, 2.75) is 32.4 Å². The lowest BCUT2D eigenvalue weighted by atomic mass is 10.2. The van der Waals surface area contributed by atoms with Crippen molar-refractivity contribution in [3.05, 3.63) is 30.5 Å². The molecule has 0 radical (unpaired) electrons. The van der Waals surface area contributed by atoms with Crippen LogP contribution in [0.25, 0.3) is 10.9 Å². The number of rotatable bonds is 8. The summed E-state index contributed by atoms with van der Waals surface area (Å²) in [6, 6.07) is 7.54. The van der Waals surface area contributed by atoms with Crippen LogP contribution in [0.1, 0.15) is 19.8 Å². The van der Waals surface area contributed by atoms with Gasteiger partial charge in [0.25, 0.3) is 0 Å². The number of fused-ring (bicyclic) bond motifs is 1. The number of ether oxygens (including phenoxy) is 1. The fourth-order valence-electron chi connectivity index (χ4n) is 2.64. The van der Waals surface area contributed by atoms with Crippen molar-refractivity contribution in [2.75, 3.05) is 25.1 Å². The van der Waals surface area contributed by atoms with Crippen molar-refractivity contribution in [3.8, 4) is 0 Å². The number of aromatic nitrogens is 1. The molecule has 24 heavy (non-hydrogen) atoms. The highest BCUT2D eigenvalue weighted by Gasteiger charge is 2.21. The molecule has 3 N–H and O–H groups in total. The summed E-state index contributed by atoms with van der Waals surface area (Å²) < 4.78 is 7.53. The Labute approximate surface area is 141 Å². The minimum Gasteiger partial charge on any atom is -0.389 e. The van der Waals surface area contributed by atoms with Crippen LogP contribution in [0.2, 0.25) is 0 Å². The van der Waals surface area contributed by atoms with E-state index in [2.05, 4.69) is 28.2 Å². The fraction of sp³-hybridized carbons (Fsp3) is 0.500. The standard InChI is InChI=1S/C18H25N3O3/c1-2-21-8-7-14-5-6-15(9-17(14)21)20-18(23)19-10-16(22)12-24-11-13-3-4-13/h5-9,13,16,22H,2-4,10-12H2,1H3,(H2,19,20,23). The lowest BCUT2D eigenvalue weighted by Crippen LogP contribution is -2.37. The van der Waals surface area contributed by atoms with E-state index in [1.165, 1.54) is 12.8 Å². The van der Waals surface area contributed by atoms with Crippen molar-refractivity contribution in [2.24, 2.45) is 5.92 Å². The predicted octanol–water partition coefficient (Wildman–Crippen LogP) is 2.57. The van der Waals surface area contributed by atoms with Gasteiger partial charge >= 0.3 is 6.03 Å². The third-order valence-corrected chi connectivity index (χ3v) is 4.23. The molecule has 6 nitrogen and oxygen atoms in total. The summed E-state index contributed by atoms with van der Waals surface area (Å²) >= 11 is 0. The van der Waals surface area contributed by atoms with Gasteiger partial charge in [-0.2, -0.15) is 0 Å². The van der Waals surface area contributed by atoms with Crippen LogP contribution in [0, 0.1) is 5.92 Å². The molecule has 130 valence electrons. The van der Waals surface area contributed by atoms with Crippen LogP contribution < -0.4 is 10.6 Å². The highest BCUT2D eigenvalue weighted by molar-refractivity contribution is 5.92. The van der Waals surface area contributed by atoms with Crippen LogP contribution in [0.15, 0.2) is 30.5 Å². The van der Waals surface area contributed by atoms with Gasteiger partial charge in [-0.3, -0.25) is 0 Å². The maximum Gasteiger partial charge on any atom is 0.319 e. The van der Waals surface area contributed by atoms with E-state index >= 15 is 0 Å². The lowest BCUT2D eigenvalue weighted by molar-refractivity contribution is 0.0339. The van der Waals surface area contributed by atoms with Gasteiger partial charge in [-0.05, 0) is 49.3 Å². The van der Waals surface area contributed by atoms with Crippen molar-refractivity contribution in [1.82, 2.24) is 9.88 Å². The molecule has 1 aromatic carbocycles. The number of hydrogen-bond acceptors (Lipinski definition) is 3. The predicted molar refractivity (Wildman–Crippen MR) is 94.2 cm³/mol. The van der Waals surface area contributed by atoms with Crippen LogP contribution in [0.4, 0.5) is 10.5 Å². The Hall–Kier alpha value is -2.05. The van der Waals surface area contributed by atoms with Gasteiger partial charge in [0.2, 0.25) is 0 Å². The van der Waals surface area contributed by atoms with Crippen molar-refractivity contribution >= 4 is 22.6 Å². The molecule has 2 aromatic rings. The molecule has 3 rings (SSSR count). The molecule has 1 atom stereocenters. The van der Waals surface area contributed by atoms with Crippen LogP contribution >= 0.6 is 0 Å². The zero-order valence-corrected chi connectivity index (χ0v) is 14.0. The molecule has 0 spiro atoms. The average Bonchev–Trinajstić information content (AvgIpc) is 3.31. The molecule has 2 amide bonds. The Morgan fingerprint density at radius 1 is 1.42 bits per heavy atom. The summed E-state index contributed by atoms with van der Waals surface area (Å²) in [6.07, 6.45) is 3.80. The molecule has 0 saturated heterocycles. The molecule has 1 fully saturated rings. The molecule has 1 saturated carbocycles. The Balaban J connectivity index is 1.45. The lowest BCUT2D eigenvalue weighted by Gasteiger charge is -2.13. The second-order valence-electron chi connectivity index (χ2n) is 6.35. The number of aliphatic hydroxyl groups excluding tert-OH is 1. The minimum atomic E-state index is -0.686. The number of carbonyl (C=O) groups is 1. The fourth-order valence-corrected chi connectivity index (χ4v) is 2.64. The number of anilines is 1. The van der Waals surface area contributed by atoms with E-state index in [0.29, 0.717) is 12.5 Å². The quantitative estimate of drug-likeness (QED) is 0.696. The first kappa shape index (κ1) is 16.8.